The number of hydrogen-bond donors (Lipinski definition) is 3. The van der Waals surface area contributed by atoms with Crippen molar-refractivity contribution in [2.75, 3.05) is 13.2 Å². The Kier molecular flexibility index (Phi) is 2.61. The highest BCUT2D eigenvalue weighted by Gasteiger charge is 2.62. The average Bonchev–Trinajstić information content (AvgIpc) is 2.14. The van der Waals surface area contributed by atoms with Gasteiger partial charge in [0.1, 0.15) is 0 Å². The first-order valence-electron chi connectivity index (χ1n) is 5.97. The molecule has 2 bridgehead atoms. The standard InChI is InChI=1S/C12H23NO2/c1-11(2)8-6-9(11)12(3,15)10(7-8)13-4-5-14/h8-10,13-15H,4-7H2,1-3H3/t8-,9-,10+,12-/m0/s1. The molecule has 3 saturated carbocycles. The van der Waals surface area contributed by atoms with E-state index in [1.54, 1.807) is 0 Å². The molecular weight excluding hydrogens is 190 g/mol. The van der Waals surface area contributed by atoms with Crippen molar-refractivity contribution in [2.24, 2.45) is 17.3 Å². The van der Waals surface area contributed by atoms with Crippen LogP contribution in [0.15, 0.2) is 0 Å². The molecule has 0 aromatic heterocycles. The third-order valence-electron chi connectivity index (χ3n) is 4.90. The first-order valence-corrected chi connectivity index (χ1v) is 5.97. The second-order valence-corrected chi connectivity index (χ2v) is 6.00. The fourth-order valence-corrected chi connectivity index (χ4v) is 3.70. The van der Waals surface area contributed by atoms with Crippen LogP contribution in [0.1, 0.15) is 33.6 Å². The number of nitrogens with one attached hydrogen (secondary N) is 1. The second-order valence-electron chi connectivity index (χ2n) is 6.00. The van der Waals surface area contributed by atoms with Crippen LogP contribution in [0, 0.1) is 17.3 Å². The highest BCUT2D eigenvalue weighted by atomic mass is 16.3. The summed E-state index contributed by atoms with van der Waals surface area (Å²) in [6.45, 7) is 7.21. The van der Waals surface area contributed by atoms with Gasteiger partial charge < -0.3 is 15.5 Å². The van der Waals surface area contributed by atoms with Crippen molar-refractivity contribution in [1.29, 1.82) is 0 Å². The van der Waals surface area contributed by atoms with Gasteiger partial charge in [-0.05, 0) is 37.0 Å². The molecule has 3 heteroatoms. The van der Waals surface area contributed by atoms with Crippen molar-refractivity contribution in [1.82, 2.24) is 5.32 Å². The Morgan fingerprint density at radius 2 is 1.93 bits per heavy atom. The molecule has 0 radical (unpaired) electrons. The third-order valence-corrected chi connectivity index (χ3v) is 4.90. The van der Waals surface area contributed by atoms with E-state index >= 15 is 0 Å². The monoisotopic (exact) mass is 213 g/mol. The lowest BCUT2D eigenvalue weighted by Crippen LogP contribution is -2.69. The van der Waals surface area contributed by atoms with Gasteiger partial charge in [-0.3, -0.25) is 0 Å². The van der Waals surface area contributed by atoms with E-state index in [-0.39, 0.29) is 12.6 Å². The molecule has 3 fully saturated rings. The van der Waals surface area contributed by atoms with Crippen LogP contribution in [0.5, 0.6) is 0 Å². The largest absolute Gasteiger partial charge is 0.395 e. The predicted molar refractivity (Wildman–Crippen MR) is 59.5 cm³/mol. The van der Waals surface area contributed by atoms with Gasteiger partial charge in [-0.2, -0.15) is 0 Å². The Bertz CT molecular complexity index is 250. The lowest BCUT2D eigenvalue weighted by Gasteiger charge is -2.65. The van der Waals surface area contributed by atoms with E-state index in [4.69, 9.17) is 5.11 Å². The van der Waals surface area contributed by atoms with Crippen molar-refractivity contribution in [2.45, 2.75) is 45.3 Å². The fraction of sp³-hybridized carbons (Fsp3) is 1.00. The van der Waals surface area contributed by atoms with Gasteiger partial charge >= 0.3 is 0 Å². The van der Waals surface area contributed by atoms with Crippen LogP contribution in [0.4, 0.5) is 0 Å². The van der Waals surface area contributed by atoms with Crippen molar-refractivity contribution >= 4 is 0 Å². The van der Waals surface area contributed by atoms with Gasteiger partial charge in [0.25, 0.3) is 0 Å². The number of aliphatic hydroxyl groups is 2. The molecule has 0 aromatic rings. The molecule has 0 aromatic carbocycles. The predicted octanol–water partition coefficient (Wildman–Crippen LogP) is 0.754. The van der Waals surface area contributed by atoms with Crippen molar-refractivity contribution < 1.29 is 10.2 Å². The smallest absolute Gasteiger partial charge is 0.0805 e. The third kappa shape index (κ3) is 1.52. The molecule has 0 saturated heterocycles. The average molecular weight is 213 g/mol. The number of hydrogen-bond acceptors (Lipinski definition) is 3. The van der Waals surface area contributed by atoms with E-state index in [9.17, 15) is 5.11 Å². The van der Waals surface area contributed by atoms with Gasteiger partial charge in [0.2, 0.25) is 0 Å². The van der Waals surface area contributed by atoms with Crippen LogP contribution < -0.4 is 5.32 Å². The summed E-state index contributed by atoms with van der Waals surface area (Å²) in [7, 11) is 0. The van der Waals surface area contributed by atoms with Crippen molar-refractivity contribution in [3.63, 3.8) is 0 Å². The minimum Gasteiger partial charge on any atom is -0.395 e. The Hall–Kier alpha value is -0.120. The zero-order valence-corrected chi connectivity index (χ0v) is 9.95. The Morgan fingerprint density at radius 3 is 2.40 bits per heavy atom. The summed E-state index contributed by atoms with van der Waals surface area (Å²) in [5.41, 5.74) is -0.325. The van der Waals surface area contributed by atoms with Gasteiger partial charge in [-0.15, -0.1) is 0 Å². The van der Waals surface area contributed by atoms with E-state index in [0.717, 1.165) is 18.8 Å². The van der Waals surface area contributed by atoms with Gasteiger partial charge in [-0.25, -0.2) is 0 Å². The molecule has 4 atom stereocenters. The zero-order chi connectivity index (χ0) is 11.3. The van der Waals surface area contributed by atoms with E-state index in [2.05, 4.69) is 19.2 Å². The highest BCUT2D eigenvalue weighted by molar-refractivity contribution is 5.14. The molecule has 0 aliphatic heterocycles. The van der Waals surface area contributed by atoms with Crippen LogP contribution in [-0.4, -0.2) is 35.0 Å². The van der Waals surface area contributed by atoms with Gasteiger partial charge in [-0.1, -0.05) is 13.8 Å². The van der Waals surface area contributed by atoms with Crippen molar-refractivity contribution in [3.05, 3.63) is 0 Å². The maximum Gasteiger partial charge on any atom is 0.0805 e. The summed E-state index contributed by atoms with van der Waals surface area (Å²) in [6.07, 6.45) is 2.20. The normalized spacial score (nSPS) is 47.4. The molecule has 3 rings (SSSR count). The summed E-state index contributed by atoms with van der Waals surface area (Å²) < 4.78 is 0. The summed E-state index contributed by atoms with van der Waals surface area (Å²) in [4.78, 5) is 0. The highest BCUT2D eigenvalue weighted by Crippen LogP contribution is 2.62. The Morgan fingerprint density at radius 1 is 1.27 bits per heavy atom. The molecule has 88 valence electrons. The zero-order valence-electron chi connectivity index (χ0n) is 9.95. The van der Waals surface area contributed by atoms with Crippen LogP contribution in [0.3, 0.4) is 0 Å². The lowest BCUT2D eigenvalue weighted by atomic mass is 9.43. The molecule has 15 heavy (non-hydrogen) atoms. The maximum absolute atomic E-state index is 10.6. The molecule has 0 heterocycles. The molecule has 3 aliphatic carbocycles. The molecule has 3 N–H and O–H groups in total. The van der Waals surface area contributed by atoms with E-state index in [1.165, 1.54) is 0 Å². The molecule has 0 spiro atoms. The Balaban J connectivity index is 2.07. The number of fused-ring (bicyclic) bond motifs is 2. The van der Waals surface area contributed by atoms with Crippen molar-refractivity contribution in [3.8, 4) is 0 Å². The second kappa shape index (κ2) is 3.44. The summed E-state index contributed by atoms with van der Waals surface area (Å²) in [5.74, 6) is 1.14. The van der Waals surface area contributed by atoms with Crippen LogP contribution in [0.2, 0.25) is 0 Å². The maximum atomic E-state index is 10.6. The van der Waals surface area contributed by atoms with Crippen LogP contribution in [0.25, 0.3) is 0 Å². The first kappa shape index (κ1) is 11.4. The van der Waals surface area contributed by atoms with Gasteiger partial charge in [0.05, 0.1) is 12.2 Å². The topological polar surface area (TPSA) is 52.5 Å². The molecule has 3 nitrogen and oxygen atoms in total. The fourth-order valence-electron chi connectivity index (χ4n) is 3.70. The van der Waals surface area contributed by atoms with Gasteiger partial charge in [0.15, 0.2) is 0 Å². The lowest BCUT2D eigenvalue weighted by molar-refractivity contribution is -0.209. The SMILES string of the molecule is CC1(C)[C@@H]2C[C@@H](NCCO)[C@@](C)(O)[C@H]1C2. The molecule has 0 amide bonds. The van der Waals surface area contributed by atoms with Gasteiger partial charge in [0, 0.05) is 12.6 Å². The first-order chi connectivity index (χ1) is 6.90. The summed E-state index contributed by atoms with van der Waals surface area (Å²) in [5, 5.41) is 22.6. The minimum absolute atomic E-state index is 0.144. The van der Waals surface area contributed by atoms with Crippen LogP contribution >= 0.6 is 0 Å². The summed E-state index contributed by atoms with van der Waals surface area (Å²) in [6, 6.07) is 0.154. The van der Waals surface area contributed by atoms with E-state index in [0.29, 0.717) is 17.9 Å². The van der Waals surface area contributed by atoms with Crippen LogP contribution in [-0.2, 0) is 0 Å². The quantitative estimate of drug-likeness (QED) is 0.648. The number of aliphatic hydroxyl groups excluding tert-OH is 1. The molecular formula is C12H23NO2. The number of rotatable bonds is 3. The van der Waals surface area contributed by atoms with E-state index in [1.807, 2.05) is 6.92 Å². The minimum atomic E-state index is -0.618. The van der Waals surface area contributed by atoms with E-state index < -0.39 is 5.60 Å². The molecule has 0 unspecified atom stereocenters. The summed E-state index contributed by atoms with van der Waals surface area (Å²) >= 11 is 0. The Labute approximate surface area is 91.9 Å². The molecule has 3 aliphatic rings.